The van der Waals surface area contributed by atoms with Crippen LogP contribution in [0.2, 0.25) is 5.15 Å². The number of nitrogens with zero attached hydrogens (tertiary/aromatic N) is 3. The second kappa shape index (κ2) is 11.0. The molecule has 0 atom stereocenters. The fourth-order valence-electron chi connectivity index (χ4n) is 3.35. The molecule has 10 heteroatoms. The van der Waals surface area contributed by atoms with Crippen molar-refractivity contribution < 1.29 is 28.2 Å². The van der Waals surface area contributed by atoms with Gasteiger partial charge in [-0.25, -0.2) is 13.9 Å². The highest BCUT2D eigenvalue weighted by Crippen LogP contribution is 2.28. The molecular formula is C24H25ClFN3O5. The Morgan fingerprint density at radius 1 is 1.09 bits per heavy atom. The van der Waals surface area contributed by atoms with E-state index in [2.05, 4.69) is 5.10 Å². The van der Waals surface area contributed by atoms with Crippen molar-refractivity contribution in [3.63, 3.8) is 0 Å². The van der Waals surface area contributed by atoms with Gasteiger partial charge in [0.2, 0.25) is 0 Å². The molecule has 1 amide bonds. The van der Waals surface area contributed by atoms with Crippen LogP contribution in [0.3, 0.4) is 0 Å². The Bertz CT molecular complexity index is 1180. The Morgan fingerprint density at radius 3 is 2.38 bits per heavy atom. The number of carbonyl (C=O) groups is 2. The van der Waals surface area contributed by atoms with Gasteiger partial charge in [-0.1, -0.05) is 17.7 Å². The summed E-state index contributed by atoms with van der Waals surface area (Å²) in [5.74, 6) is -0.409. The molecule has 0 aliphatic carbocycles. The Hall–Kier alpha value is -3.59. The smallest absolute Gasteiger partial charge is 0.343 e. The summed E-state index contributed by atoms with van der Waals surface area (Å²) >= 11 is 6.35. The summed E-state index contributed by atoms with van der Waals surface area (Å²) in [7, 11) is 3.08. The highest BCUT2D eigenvalue weighted by molar-refractivity contribution is 6.33. The van der Waals surface area contributed by atoms with Crippen LogP contribution < -0.4 is 9.47 Å². The minimum atomic E-state index is -0.772. The third-order valence-electron chi connectivity index (χ3n) is 5.16. The number of hydrogen-bond donors (Lipinski definition) is 0. The van der Waals surface area contributed by atoms with E-state index >= 15 is 0 Å². The van der Waals surface area contributed by atoms with Gasteiger partial charge in [0.1, 0.15) is 16.5 Å². The van der Waals surface area contributed by atoms with Gasteiger partial charge in [-0.3, -0.25) is 4.79 Å². The third kappa shape index (κ3) is 5.48. The zero-order chi connectivity index (χ0) is 24.8. The van der Waals surface area contributed by atoms with Gasteiger partial charge in [0.25, 0.3) is 5.91 Å². The van der Waals surface area contributed by atoms with Gasteiger partial charge < -0.3 is 19.1 Å². The molecule has 0 bridgehead atoms. The Labute approximate surface area is 201 Å². The highest BCUT2D eigenvalue weighted by Gasteiger charge is 2.24. The van der Waals surface area contributed by atoms with Gasteiger partial charge >= 0.3 is 5.97 Å². The van der Waals surface area contributed by atoms with Crippen LogP contribution in [0.25, 0.3) is 5.69 Å². The second-order valence-corrected chi connectivity index (χ2v) is 7.67. The molecule has 0 aliphatic heterocycles. The normalized spacial score (nSPS) is 10.6. The highest BCUT2D eigenvalue weighted by atomic mass is 35.5. The van der Waals surface area contributed by atoms with Gasteiger partial charge in [0.05, 0.1) is 25.6 Å². The molecule has 34 heavy (non-hydrogen) atoms. The van der Waals surface area contributed by atoms with Crippen molar-refractivity contribution in [3.8, 4) is 17.2 Å². The number of aromatic nitrogens is 2. The van der Waals surface area contributed by atoms with Crippen molar-refractivity contribution in [1.82, 2.24) is 14.7 Å². The molecule has 0 saturated heterocycles. The Balaban J connectivity index is 1.68. The van der Waals surface area contributed by atoms with Crippen LogP contribution >= 0.6 is 11.6 Å². The fourth-order valence-corrected chi connectivity index (χ4v) is 3.70. The summed E-state index contributed by atoms with van der Waals surface area (Å²) in [4.78, 5) is 27.0. The Morgan fingerprint density at radius 2 is 1.76 bits per heavy atom. The van der Waals surface area contributed by atoms with Crippen LogP contribution in [0.15, 0.2) is 42.5 Å². The molecule has 0 saturated carbocycles. The second-order valence-electron chi connectivity index (χ2n) is 7.31. The maximum atomic E-state index is 13.2. The van der Waals surface area contributed by atoms with E-state index in [1.807, 2.05) is 13.0 Å². The van der Waals surface area contributed by atoms with E-state index in [4.69, 9.17) is 25.8 Å². The topological polar surface area (TPSA) is 82.9 Å². The van der Waals surface area contributed by atoms with E-state index in [-0.39, 0.29) is 16.6 Å². The molecule has 0 radical (unpaired) electrons. The van der Waals surface area contributed by atoms with Crippen LogP contribution in [0.1, 0.15) is 28.5 Å². The van der Waals surface area contributed by atoms with Gasteiger partial charge in [-0.2, -0.15) is 5.10 Å². The van der Waals surface area contributed by atoms with Crippen LogP contribution in [0.5, 0.6) is 11.5 Å². The summed E-state index contributed by atoms with van der Waals surface area (Å²) in [6.07, 6.45) is 0. The van der Waals surface area contributed by atoms with E-state index in [1.54, 1.807) is 31.1 Å². The average Bonchev–Trinajstić information content (AvgIpc) is 3.14. The number of halogens is 2. The number of hydrogen-bond acceptors (Lipinski definition) is 6. The monoisotopic (exact) mass is 489 g/mol. The quantitative estimate of drug-likeness (QED) is 0.419. The van der Waals surface area contributed by atoms with Crippen LogP contribution in [-0.2, 0) is 16.1 Å². The lowest BCUT2D eigenvalue weighted by atomic mass is 10.2. The SMILES string of the molecule is CCN(Cc1ccc(OC)c(OC)c1)C(=O)COC(=O)c1c(C)nn(-c2ccc(F)cc2)c1Cl. The predicted octanol–water partition coefficient (Wildman–Crippen LogP) is 4.20. The average molecular weight is 490 g/mol. The first-order chi connectivity index (χ1) is 16.3. The number of benzene rings is 2. The minimum Gasteiger partial charge on any atom is -0.493 e. The summed E-state index contributed by atoms with van der Waals surface area (Å²) in [5.41, 5.74) is 1.68. The number of likely N-dealkylation sites (N-methyl/N-ethyl adjacent to an activating group) is 1. The summed E-state index contributed by atoms with van der Waals surface area (Å²) in [6, 6.07) is 10.9. The van der Waals surface area contributed by atoms with Crippen molar-refractivity contribution in [2.45, 2.75) is 20.4 Å². The minimum absolute atomic E-state index is 0.0132. The van der Waals surface area contributed by atoms with Gasteiger partial charge in [0.15, 0.2) is 18.1 Å². The van der Waals surface area contributed by atoms with Crippen LogP contribution in [0, 0.1) is 12.7 Å². The van der Waals surface area contributed by atoms with E-state index in [9.17, 15) is 14.0 Å². The van der Waals surface area contributed by atoms with Crippen molar-refractivity contribution >= 4 is 23.5 Å². The number of methoxy groups -OCH3 is 2. The van der Waals surface area contributed by atoms with Crippen LogP contribution in [0.4, 0.5) is 4.39 Å². The van der Waals surface area contributed by atoms with Crippen molar-refractivity contribution in [1.29, 1.82) is 0 Å². The first-order valence-corrected chi connectivity index (χ1v) is 10.8. The molecule has 2 aromatic carbocycles. The molecule has 180 valence electrons. The molecule has 0 spiro atoms. The predicted molar refractivity (Wildman–Crippen MR) is 124 cm³/mol. The molecule has 0 N–H and O–H groups in total. The number of esters is 1. The number of carbonyl (C=O) groups excluding carboxylic acids is 2. The third-order valence-corrected chi connectivity index (χ3v) is 5.51. The standard InChI is InChI=1S/C24H25ClFN3O5/c1-5-28(13-16-6-11-19(32-3)20(12-16)33-4)21(30)14-34-24(31)22-15(2)27-29(23(22)25)18-9-7-17(26)8-10-18/h6-12H,5,13-14H2,1-4H3. The van der Waals surface area contributed by atoms with E-state index in [0.29, 0.717) is 36.0 Å². The molecule has 0 fully saturated rings. The molecule has 1 aromatic heterocycles. The zero-order valence-corrected chi connectivity index (χ0v) is 20.1. The van der Waals surface area contributed by atoms with Crippen molar-refractivity contribution in [3.05, 3.63) is 70.3 Å². The number of amides is 1. The van der Waals surface area contributed by atoms with E-state index in [0.717, 1.165) is 5.56 Å². The largest absolute Gasteiger partial charge is 0.493 e. The maximum absolute atomic E-state index is 13.2. The van der Waals surface area contributed by atoms with Crippen molar-refractivity contribution in [2.75, 3.05) is 27.4 Å². The van der Waals surface area contributed by atoms with Crippen LogP contribution in [-0.4, -0.2) is 53.9 Å². The lowest BCUT2D eigenvalue weighted by Crippen LogP contribution is -2.34. The molecule has 1 heterocycles. The zero-order valence-electron chi connectivity index (χ0n) is 19.3. The Kier molecular flexibility index (Phi) is 8.12. The summed E-state index contributed by atoms with van der Waals surface area (Å²) in [5, 5.41) is 4.25. The van der Waals surface area contributed by atoms with Gasteiger partial charge in [0, 0.05) is 13.1 Å². The molecule has 8 nitrogen and oxygen atoms in total. The molecule has 3 aromatic rings. The molecular weight excluding hydrogens is 465 g/mol. The van der Waals surface area contributed by atoms with Gasteiger partial charge in [-0.15, -0.1) is 0 Å². The van der Waals surface area contributed by atoms with E-state index < -0.39 is 18.4 Å². The molecule has 0 aliphatic rings. The lowest BCUT2D eigenvalue weighted by Gasteiger charge is -2.21. The first kappa shape index (κ1) is 25.0. The molecule has 0 unspecified atom stereocenters. The number of aryl methyl sites for hydroxylation is 1. The lowest BCUT2D eigenvalue weighted by molar-refractivity contribution is -0.134. The van der Waals surface area contributed by atoms with E-state index in [1.165, 1.54) is 36.1 Å². The van der Waals surface area contributed by atoms with Crippen molar-refractivity contribution in [2.24, 2.45) is 0 Å². The number of ether oxygens (including phenoxy) is 3. The van der Waals surface area contributed by atoms with Gasteiger partial charge in [-0.05, 0) is 55.8 Å². The number of rotatable bonds is 9. The summed E-state index contributed by atoms with van der Waals surface area (Å²) < 4.78 is 30.3. The maximum Gasteiger partial charge on any atom is 0.343 e. The fraction of sp³-hybridized carbons (Fsp3) is 0.292. The first-order valence-electron chi connectivity index (χ1n) is 10.5. The summed E-state index contributed by atoms with van der Waals surface area (Å²) in [6.45, 7) is 3.67. The molecule has 3 rings (SSSR count).